The van der Waals surface area contributed by atoms with Crippen molar-refractivity contribution in [2.75, 3.05) is 6.61 Å². The Morgan fingerprint density at radius 3 is 2.85 bits per heavy atom. The van der Waals surface area contributed by atoms with Crippen molar-refractivity contribution in [1.29, 1.82) is 0 Å². The lowest BCUT2D eigenvalue weighted by atomic mass is 9.96. The number of nitrogens with zero attached hydrogens (tertiary/aromatic N) is 1. The SMILES string of the molecule is CC#C[C@]1(F)C(n2ccc(=O)[nH]c2=O)O[C@H](CO)[C@H]1O. The van der Waals surface area contributed by atoms with Gasteiger partial charge in [-0.25, -0.2) is 9.18 Å². The number of ether oxygens (including phenoxy) is 1. The molecule has 108 valence electrons. The van der Waals surface area contributed by atoms with E-state index in [1.54, 1.807) is 0 Å². The maximum absolute atomic E-state index is 14.9. The van der Waals surface area contributed by atoms with E-state index in [2.05, 4.69) is 11.8 Å². The van der Waals surface area contributed by atoms with Crippen molar-refractivity contribution < 1.29 is 19.3 Å². The molecule has 2 heterocycles. The lowest BCUT2D eigenvalue weighted by molar-refractivity contribution is -0.0543. The van der Waals surface area contributed by atoms with Crippen LogP contribution >= 0.6 is 0 Å². The van der Waals surface area contributed by atoms with Gasteiger partial charge in [-0.1, -0.05) is 5.92 Å². The van der Waals surface area contributed by atoms with Gasteiger partial charge in [0.25, 0.3) is 5.56 Å². The zero-order valence-electron chi connectivity index (χ0n) is 10.5. The summed E-state index contributed by atoms with van der Waals surface area (Å²) in [6.07, 6.45) is -3.45. The second-order valence-electron chi connectivity index (χ2n) is 4.31. The highest BCUT2D eigenvalue weighted by Gasteiger charge is 2.57. The molecule has 1 fully saturated rings. The Balaban J connectivity index is 2.55. The molecule has 1 aromatic rings. The fraction of sp³-hybridized carbons (Fsp3) is 0.500. The molecule has 3 N–H and O–H groups in total. The summed E-state index contributed by atoms with van der Waals surface area (Å²) >= 11 is 0. The zero-order chi connectivity index (χ0) is 14.9. The van der Waals surface area contributed by atoms with Crippen LogP contribution in [0.3, 0.4) is 0 Å². The predicted molar refractivity (Wildman–Crippen MR) is 65.6 cm³/mol. The topological polar surface area (TPSA) is 105 Å². The quantitative estimate of drug-likeness (QED) is 0.574. The first-order valence-electron chi connectivity index (χ1n) is 5.82. The highest BCUT2D eigenvalue weighted by atomic mass is 19.1. The molecule has 1 aliphatic rings. The van der Waals surface area contributed by atoms with E-state index >= 15 is 0 Å². The Morgan fingerprint density at radius 2 is 2.30 bits per heavy atom. The number of nitrogens with one attached hydrogen (secondary N) is 1. The molecule has 1 aromatic heterocycles. The standard InChI is InChI=1S/C12H13FN2O5/c1-2-4-12(13)9(18)7(6-16)20-10(12)15-5-3-8(17)14-11(15)19/h3,5,7,9-10,16,18H,6H2,1H3,(H,14,17,19)/t7-,9-,10?,12-/m1/s1. The van der Waals surface area contributed by atoms with Crippen molar-refractivity contribution in [3.8, 4) is 11.8 Å². The van der Waals surface area contributed by atoms with Gasteiger partial charge in [0.15, 0.2) is 6.23 Å². The van der Waals surface area contributed by atoms with Gasteiger partial charge in [0.1, 0.15) is 12.2 Å². The first kappa shape index (κ1) is 14.5. The Morgan fingerprint density at radius 1 is 1.60 bits per heavy atom. The van der Waals surface area contributed by atoms with Crippen LogP contribution < -0.4 is 11.2 Å². The van der Waals surface area contributed by atoms with Crippen molar-refractivity contribution >= 4 is 0 Å². The molecule has 1 saturated heterocycles. The highest BCUT2D eigenvalue weighted by molar-refractivity contribution is 5.22. The van der Waals surface area contributed by atoms with E-state index in [0.717, 1.165) is 16.8 Å². The number of aromatic amines is 1. The van der Waals surface area contributed by atoms with Crippen molar-refractivity contribution in [3.05, 3.63) is 33.1 Å². The number of halogens is 1. The van der Waals surface area contributed by atoms with E-state index in [1.807, 2.05) is 4.98 Å². The van der Waals surface area contributed by atoms with Gasteiger partial charge in [0.2, 0.25) is 5.67 Å². The predicted octanol–water partition coefficient (Wildman–Crippen LogP) is -1.48. The van der Waals surface area contributed by atoms with E-state index in [-0.39, 0.29) is 0 Å². The lowest BCUT2D eigenvalue weighted by Gasteiger charge is -2.23. The summed E-state index contributed by atoms with van der Waals surface area (Å²) in [7, 11) is 0. The van der Waals surface area contributed by atoms with Crippen LogP contribution in [0.5, 0.6) is 0 Å². The highest BCUT2D eigenvalue weighted by Crippen LogP contribution is 2.40. The Labute approximate surface area is 112 Å². The number of H-pyrrole nitrogens is 1. The van der Waals surface area contributed by atoms with Crippen LogP contribution in [0.4, 0.5) is 4.39 Å². The fourth-order valence-corrected chi connectivity index (χ4v) is 2.11. The van der Waals surface area contributed by atoms with E-state index in [9.17, 15) is 19.1 Å². The van der Waals surface area contributed by atoms with Crippen LogP contribution in [-0.4, -0.2) is 44.2 Å². The van der Waals surface area contributed by atoms with Gasteiger partial charge in [-0.15, -0.1) is 5.92 Å². The fourth-order valence-electron chi connectivity index (χ4n) is 2.11. The molecule has 0 radical (unpaired) electrons. The van der Waals surface area contributed by atoms with Crippen LogP contribution in [0, 0.1) is 11.8 Å². The van der Waals surface area contributed by atoms with Gasteiger partial charge in [-0.05, 0) is 6.92 Å². The minimum absolute atomic E-state index is 0.632. The van der Waals surface area contributed by atoms with Crippen LogP contribution in [0.25, 0.3) is 0 Å². The molecule has 8 heteroatoms. The van der Waals surface area contributed by atoms with E-state index in [0.29, 0.717) is 0 Å². The molecule has 0 aromatic carbocycles. The molecule has 7 nitrogen and oxygen atoms in total. The number of aliphatic hydroxyl groups is 2. The van der Waals surface area contributed by atoms with Crippen molar-refractivity contribution in [1.82, 2.24) is 9.55 Å². The molecule has 4 atom stereocenters. The third-order valence-corrected chi connectivity index (χ3v) is 3.05. The molecule has 0 spiro atoms. The average molecular weight is 284 g/mol. The minimum Gasteiger partial charge on any atom is -0.394 e. The summed E-state index contributed by atoms with van der Waals surface area (Å²) in [4.78, 5) is 24.7. The first-order valence-corrected chi connectivity index (χ1v) is 5.82. The molecule has 1 aliphatic heterocycles. The summed E-state index contributed by atoms with van der Waals surface area (Å²) in [5, 5.41) is 18.9. The normalized spacial score (nSPS) is 32.7. The summed E-state index contributed by atoms with van der Waals surface area (Å²) < 4.78 is 20.8. The molecule has 0 saturated carbocycles. The zero-order valence-corrected chi connectivity index (χ0v) is 10.5. The summed E-state index contributed by atoms with van der Waals surface area (Å²) in [5.74, 6) is 4.49. The third kappa shape index (κ3) is 2.16. The van der Waals surface area contributed by atoms with Crippen molar-refractivity contribution in [2.45, 2.75) is 31.0 Å². The molecular formula is C12H13FN2O5. The first-order chi connectivity index (χ1) is 9.43. The van der Waals surface area contributed by atoms with Crippen LogP contribution in [-0.2, 0) is 4.74 Å². The lowest BCUT2D eigenvalue weighted by Crippen LogP contribution is -2.45. The van der Waals surface area contributed by atoms with Crippen molar-refractivity contribution in [3.63, 3.8) is 0 Å². The molecule has 2 rings (SSSR count). The number of rotatable bonds is 2. The number of alkyl halides is 1. The van der Waals surface area contributed by atoms with Gasteiger partial charge < -0.3 is 14.9 Å². The smallest absolute Gasteiger partial charge is 0.330 e. The molecule has 0 aliphatic carbocycles. The molecule has 0 amide bonds. The average Bonchev–Trinajstić information content (AvgIpc) is 2.63. The minimum atomic E-state index is -2.57. The van der Waals surface area contributed by atoms with E-state index < -0.39 is 42.0 Å². The molecule has 1 unspecified atom stereocenters. The van der Waals surface area contributed by atoms with Gasteiger partial charge >= 0.3 is 5.69 Å². The Hall–Kier alpha value is -1.95. The van der Waals surface area contributed by atoms with Crippen LogP contribution in [0.2, 0.25) is 0 Å². The van der Waals surface area contributed by atoms with Gasteiger partial charge in [-0.3, -0.25) is 14.3 Å². The number of aliphatic hydroxyl groups excluding tert-OH is 2. The molecule has 0 bridgehead atoms. The van der Waals surface area contributed by atoms with Crippen LogP contribution in [0.15, 0.2) is 21.9 Å². The van der Waals surface area contributed by atoms with Gasteiger partial charge in [0.05, 0.1) is 6.61 Å². The largest absolute Gasteiger partial charge is 0.394 e. The van der Waals surface area contributed by atoms with Gasteiger partial charge in [-0.2, -0.15) is 0 Å². The van der Waals surface area contributed by atoms with Crippen molar-refractivity contribution in [2.24, 2.45) is 0 Å². The monoisotopic (exact) mass is 284 g/mol. The maximum atomic E-state index is 14.9. The summed E-state index contributed by atoms with van der Waals surface area (Å²) in [5.41, 5.74) is -4.10. The summed E-state index contributed by atoms with van der Waals surface area (Å²) in [6.45, 7) is 0.736. The van der Waals surface area contributed by atoms with E-state index in [4.69, 9.17) is 9.84 Å². The van der Waals surface area contributed by atoms with Gasteiger partial charge in [0, 0.05) is 12.3 Å². The van der Waals surface area contributed by atoms with E-state index in [1.165, 1.54) is 6.92 Å². The van der Waals surface area contributed by atoms with Crippen LogP contribution in [0.1, 0.15) is 13.2 Å². The maximum Gasteiger partial charge on any atom is 0.330 e. The Bertz CT molecular complexity index is 673. The summed E-state index contributed by atoms with van der Waals surface area (Å²) in [6, 6.07) is 1.02. The number of aromatic nitrogens is 2. The third-order valence-electron chi connectivity index (χ3n) is 3.05. The Kier molecular flexibility index (Phi) is 3.76. The number of hydrogen-bond donors (Lipinski definition) is 3. The second-order valence-corrected chi connectivity index (χ2v) is 4.31. The number of hydrogen-bond acceptors (Lipinski definition) is 5. The molecular weight excluding hydrogens is 271 g/mol. The molecule has 20 heavy (non-hydrogen) atoms. The second kappa shape index (κ2) is 5.20.